The molecule has 4 rings (SSSR count). The van der Waals surface area contributed by atoms with Gasteiger partial charge >= 0.3 is 7.12 Å². The van der Waals surface area contributed by atoms with Gasteiger partial charge in [0.25, 0.3) is 0 Å². The lowest BCUT2D eigenvalue weighted by molar-refractivity contribution is 0.283. The van der Waals surface area contributed by atoms with Crippen LogP contribution in [0.1, 0.15) is 36.8 Å². The van der Waals surface area contributed by atoms with Gasteiger partial charge in [0.2, 0.25) is 0 Å². The van der Waals surface area contributed by atoms with Gasteiger partial charge in [0, 0.05) is 11.2 Å². The van der Waals surface area contributed by atoms with Crippen LogP contribution in [0.3, 0.4) is 0 Å². The highest BCUT2D eigenvalue weighted by molar-refractivity contribution is 6.44. The lowest BCUT2D eigenvalue weighted by Crippen LogP contribution is -2.42. The molecule has 1 saturated carbocycles. The number of hydrogen-bond donors (Lipinski definition) is 2. The van der Waals surface area contributed by atoms with E-state index in [0.29, 0.717) is 0 Å². The van der Waals surface area contributed by atoms with Crippen LogP contribution in [0.2, 0.25) is 5.82 Å². The summed E-state index contributed by atoms with van der Waals surface area (Å²) in [5, 5.41) is 20.0. The summed E-state index contributed by atoms with van der Waals surface area (Å²) in [5.41, 5.74) is 4.87. The van der Waals surface area contributed by atoms with Gasteiger partial charge in [-0.1, -0.05) is 67.8 Å². The highest BCUT2D eigenvalue weighted by Gasteiger charge is 2.52. The summed E-state index contributed by atoms with van der Waals surface area (Å²) in [5.74, 6) is -0.115. The molecule has 2 aliphatic rings. The zero-order valence-electron chi connectivity index (χ0n) is 12.0. The first kappa shape index (κ1) is 13.1. The van der Waals surface area contributed by atoms with Crippen LogP contribution in [0.5, 0.6) is 0 Å². The van der Waals surface area contributed by atoms with Crippen molar-refractivity contribution in [3.8, 4) is 11.1 Å². The van der Waals surface area contributed by atoms with Gasteiger partial charge in [0.05, 0.1) is 0 Å². The summed E-state index contributed by atoms with van der Waals surface area (Å²) in [4.78, 5) is 0. The monoisotopic (exact) mass is 278 g/mol. The third kappa shape index (κ3) is 1.68. The molecule has 2 aromatic carbocycles. The molecule has 1 fully saturated rings. The van der Waals surface area contributed by atoms with Gasteiger partial charge in [-0.2, -0.15) is 0 Å². The van der Waals surface area contributed by atoms with Crippen molar-refractivity contribution in [2.75, 3.05) is 0 Å². The van der Waals surface area contributed by atoms with Crippen LogP contribution in [0.15, 0.2) is 48.5 Å². The first-order chi connectivity index (χ1) is 10.2. The van der Waals surface area contributed by atoms with Crippen LogP contribution < -0.4 is 0 Å². The summed E-state index contributed by atoms with van der Waals surface area (Å²) in [6.45, 7) is 0. The van der Waals surface area contributed by atoms with Crippen molar-refractivity contribution < 1.29 is 10.0 Å². The first-order valence-corrected chi connectivity index (χ1v) is 7.80. The molecule has 2 aliphatic carbocycles. The third-order valence-corrected chi connectivity index (χ3v) is 5.43. The van der Waals surface area contributed by atoms with E-state index in [1.54, 1.807) is 0 Å². The van der Waals surface area contributed by atoms with Crippen LogP contribution in [0, 0.1) is 0 Å². The molecule has 1 atom stereocenters. The summed E-state index contributed by atoms with van der Waals surface area (Å²) in [6, 6.07) is 17.0. The molecule has 0 unspecified atom stereocenters. The maximum absolute atomic E-state index is 10.0. The Morgan fingerprint density at radius 3 is 2.00 bits per heavy atom. The zero-order valence-corrected chi connectivity index (χ0v) is 12.0. The minimum absolute atomic E-state index is 0.115. The Labute approximate surface area is 125 Å². The van der Waals surface area contributed by atoms with Gasteiger partial charge in [0.1, 0.15) is 0 Å². The van der Waals surface area contributed by atoms with Crippen molar-refractivity contribution in [3.63, 3.8) is 0 Å². The van der Waals surface area contributed by atoms with E-state index in [4.69, 9.17) is 0 Å². The van der Waals surface area contributed by atoms with Crippen molar-refractivity contribution in [2.24, 2.45) is 0 Å². The largest absolute Gasteiger partial charge is 0.456 e. The molecular weight excluding hydrogens is 259 g/mol. The van der Waals surface area contributed by atoms with Crippen molar-refractivity contribution in [3.05, 3.63) is 59.7 Å². The lowest BCUT2D eigenvalue weighted by Gasteiger charge is -2.43. The van der Waals surface area contributed by atoms with Gasteiger partial charge in [-0.25, -0.2) is 0 Å². The smallest absolute Gasteiger partial charge is 0.427 e. The lowest BCUT2D eigenvalue weighted by atomic mass is 9.49. The number of fused-ring (bicyclic) bond motifs is 5. The molecule has 0 radical (unpaired) electrons. The molecule has 2 N–H and O–H groups in total. The van der Waals surface area contributed by atoms with E-state index in [1.165, 1.54) is 22.3 Å². The summed E-state index contributed by atoms with van der Waals surface area (Å²) < 4.78 is 0. The predicted molar refractivity (Wildman–Crippen MR) is 85.1 cm³/mol. The van der Waals surface area contributed by atoms with Crippen LogP contribution in [0.4, 0.5) is 0 Å². The van der Waals surface area contributed by atoms with Crippen molar-refractivity contribution in [1.29, 1.82) is 0 Å². The average molecular weight is 278 g/mol. The second-order valence-corrected chi connectivity index (χ2v) is 6.33. The minimum Gasteiger partial charge on any atom is -0.427 e. The molecule has 3 heteroatoms. The normalized spacial score (nSPS) is 21.9. The van der Waals surface area contributed by atoms with Gasteiger partial charge < -0.3 is 10.0 Å². The van der Waals surface area contributed by atoms with Gasteiger partial charge in [-0.05, 0) is 28.7 Å². The van der Waals surface area contributed by atoms with E-state index in [-0.39, 0.29) is 11.2 Å². The Morgan fingerprint density at radius 2 is 1.43 bits per heavy atom. The van der Waals surface area contributed by atoms with Crippen LogP contribution in [0.25, 0.3) is 11.1 Å². The SMILES string of the molecule is OB(O)[C@@H]1CCCCC12c1ccccc1-c1ccccc12. The highest BCUT2D eigenvalue weighted by Crippen LogP contribution is 2.60. The van der Waals surface area contributed by atoms with Crippen molar-refractivity contribution in [1.82, 2.24) is 0 Å². The van der Waals surface area contributed by atoms with Gasteiger partial charge in [-0.15, -0.1) is 0 Å². The second-order valence-electron chi connectivity index (χ2n) is 6.33. The molecule has 0 saturated heterocycles. The predicted octanol–water partition coefficient (Wildman–Crippen LogP) is 3.37. The van der Waals surface area contributed by atoms with Crippen LogP contribution >= 0.6 is 0 Å². The fourth-order valence-corrected chi connectivity index (χ4v) is 4.63. The van der Waals surface area contributed by atoms with E-state index in [2.05, 4.69) is 48.5 Å². The van der Waals surface area contributed by atoms with Crippen molar-refractivity contribution in [2.45, 2.75) is 36.9 Å². The Kier molecular flexibility index (Phi) is 2.95. The first-order valence-electron chi connectivity index (χ1n) is 7.80. The summed E-state index contributed by atoms with van der Waals surface area (Å²) in [6.07, 6.45) is 4.10. The molecular formula is C18H19BO2. The molecule has 0 aromatic heterocycles. The third-order valence-electron chi connectivity index (χ3n) is 5.43. The fourth-order valence-electron chi connectivity index (χ4n) is 4.63. The Balaban J connectivity index is 2.03. The quantitative estimate of drug-likeness (QED) is 0.785. The molecule has 0 heterocycles. The van der Waals surface area contributed by atoms with E-state index in [0.717, 1.165) is 25.7 Å². The second kappa shape index (κ2) is 4.72. The fraction of sp³-hybridized carbons (Fsp3) is 0.333. The number of rotatable bonds is 1. The van der Waals surface area contributed by atoms with Gasteiger partial charge in [0.15, 0.2) is 0 Å². The molecule has 0 amide bonds. The Bertz CT molecular complexity index is 635. The number of benzene rings is 2. The Morgan fingerprint density at radius 1 is 0.857 bits per heavy atom. The average Bonchev–Trinajstić information content (AvgIpc) is 2.80. The maximum atomic E-state index is 10.0. The molecule has 0 bridgehead atoms. The maximum Gasteiger partial charge on any atom is 0.456 e. The molecule has 2 aromatic rings. The van der Waals surface area contributed by atoms with E-state index >= 15 is 0 Å². The van der Waals surface area contributed by atoms with E-state index < -0.39 is 7.12 Å². The molecule has 1 spiro atoms. The standard InChI is InChI=1S/C18H19BO2/c20-19(21)17-11-5-6-12-18(17)15-9-3-1-7-13(15)14-8-2-4-10-16(14)18/h1-4,7-10,17,20-21H,5-6,11-12H2/t17-/m1/s1. The van der Waals surface area contributed by atoms with E-state index in [9.17, 15) is 10.0 Å². The minimum atomic E-state index is -1.26. The summed E-state index contributed by atoms with van der Waals surface area (Å²) >= 11 is 0. The highest BCUT2D eigenvalue weighted by atomic mass is 16.4. The summed E-state index contributed by atoms with van der Waals surface area (Å²) in [7, 11) is -1.26. The molecule has 106 valence electrons. The molecule has 2 nitrogen and oxygen atoms in total. The Hall–Kier alpha value is -1.58. The van der Waals surface area contributed by atoms with Crippen molar-refractivity contribution >= 4 is 7.12 Å². The van der Waals surface area contributed by atoms with Crippen LogP contribution in [-0.2, 0) is 5.41 Å². The van der Waals surface area contributed by atoms with E-state index in [1.807, 2.05) is 0 Å². The zero-order chi connectivity index (χ0) is 14.4. The van der Waals surface area contributed by atoms with Crippen LogP contribution in [-0.4, -0.2) is 17.2 Å². The topological polar surface area (TPSA) is 40.5 Å². The number of hydrogen-bond acceptors (Lipinski definition) is 2. The molecule has 0 aliphatic heterocycles. The molecule has 21 heavy (non-hydrogen) atoms. The van der Waals surface area contributed by atoms with Gasteiger partial charge in [-0.3, -0.25) is 0 Å².